The Balaban J connectivity index is 1.60. The molecule has 0 aliphatic carbocycles. The lowest BCUT2D eigenvalue weighted by Crippen LogP contribution is -2.48. The molecule has 2 aliphatic heterocycles. The van der Waals surface area contributed by atoms with E-state index in [-0.39, 0.29) is 42.6 Å². The Kier molecular flexibility index (Phi) is 9.63. The fourth-order valence-electron chi connectivity index (χ4n) is 5.39. The SMILES string of the molecule is CCN(CC)C(=O)C[C@@H]1CCN2C[C@@H]1C=CCOc1ccccc1CN(C(=O)c1ccc(OC)cc1)CC2=O. The molecule has 0 aromatic heterocycles. The number of carbonyl (C=O) groups excluding carboxylic acids is 3. The van der Waals surface area contributed by atoms with Crippen LogP contribution in [-0.4, -0.2) is 78.9 Å². The number of fused-ring (bicyclic) bond motifs is 3. The Bertz CT molecular complexity index is 1180. The van der Waals surface area contributed by atoms with Crippen molar-refractivity contribution >= 4 is 17.7 Å². The maximum absolute atomic E-state index is 13.6. The number of methoxy groups -OCH3 is 1. The molecule has 0 unspecified atom stereocenters. The zero-order valence-corrected chi connectivity index (χ0v) is 23.2. The van der Waals surface area contributed by atoms with Crippen LogP contribution in [0.4, 0.5) is 0 Å². The van der Waals surface area contributed by atoms with Crippen LogP contribution in [0, 0.1) is 11.8 Å². The molecule has 2 aliphatic rings. The van der Waals surface area contributed by atoms with Crippen LogP contribution in [0.15, 0.2) is 60.7 Å². The second-order valence-electron chi connectivity index (χ2n) is 10.1. The molecule has 39 heavy (non-hydrogen) atoms. The number of piperidine rings is 1. The molecule has 0 N–H and O–H groups in total. The van der Waals surface area contributed by atoms with E-state index in [9.17, 15) is 14.4 Å². The van der Waals surface area contributed by atoms with Crippen molar-refractivity contribution < 1.29 is 23.9 Å². The molecule has 3 amide bonds. The molecule has 4 rings (SSSR count). The maximum atomic E-state index is 13.6. The monoisotopic (exact) mass is 533 g/mol. The van der Waals surface area contributed by atoms with Gasteiger partial charge in [0.05, 0.1) is 13.7 Å². The Morgan fingerprint density at radius 3 is 2.51 bits per heavy atom. The lowest BCUT2D eigenvalue weighted by atomic mass is 9.82. The van der Waals surface area contributed by atoms with Gasteiger partial charge >= 0.3 is 0 Å². The normalized spacial score (nSPS) is 19.6. The van der Waals surface area contributed by atoms with Crippen LogP contribution in [0.25, 0.3) is 0 Å². The summed E-state index contributed by atoms with van der Waals surface area (Å²) >= 11 is 0. The van der Waals surface area contributed by atoms with Gasteiger partial charge in [-0.15, -0.1) is 0 Å². The largest absolute Gasteiger partial charge is 0.497 e. The molecule has 8 heteroatoms. The fourth-order valence-corrected chi connectivity index (χ4v) is 5.39. The van der Waals surface area contributed by atoms with Crippen molar-refractivity contribution in [3.8, 4) is 11.5 Å². The van der Waals surface area contributed by atoms with Gasteiger partial charge in [-0.05, 0) is 62.4 Å². The predicted molar refractivity (Wildman–Crippen MR) is 150 cm³/mol. The second kappa shape index (κ2) is 13.3. The third-order valence-corrected chi connectivity index (χ3v) is 7.71. The van der Waals surface area contributed by atoms with Gasteiger partial charge in [0.25, 0.3) is 5.91 Å². The molecule has 208 valence electrons. The number of hydrogen-bond acceptors (Lipinski definition) is 5. The van der Waals surface area contributed by atoms with Crippen LogP contribution in [0.3, 0.4) is 0 Å². The van der Waals surface area contributed by atoms with E-state index >= 15 is 0 Å². The van der Waals surface area contributed by atoms with Gasteiger partial charge in [0.15, 0.2) is 0 Å². The van der Waals surface area contributed by atoms with Crippen LogP contribution >= 0.6 is 0 Å². The molecule has 0 spiro atoms. The number of hydrogen-bond donors (Lipinski definition) is 0. The van der Waals surface area contributed by atoms with Crippen LogP contribution in [0.2, 0.25) is 0 Å². The molecule has 2 aromatic carbocycles. The van der Waals surface area contributed by atoms with Gasteiger partial charge in [-0.3, -0.25) is 14.4 Å². The average Bonchev–Trinajstić information content (AvgIpc) is 2.97. The fraction of sp³-hybridized carbons (Fsp3) is 0.452. The van der Waals surface area contributed by atoms with Crippen LogP contribution in [-0.2, 0) is 16.1 Å². The zero-order chi connectivity index (χ0) is 27.8. The molecule has 2 atom stereocenters. The summed E-state index contributed by atoms with van der Waals surface area (Å²) in [4.78, 5) is 45.4. The number of benzene rings is 2. The maximum Gasteiger partial charge on any atom is 0.254 e. The van der Waals surface area contributed by atoms with E-state index in [0.29, 0.717) is 56.3 Å². The van der Waals surface area contributed by atoms with Gasteiger partial charge in [-0.1, -0.05) is 30.4 Å². The summed E-state index contributed by atoms with van der Waals surface area (Å²) in [6.07, 6.45) is 5.29. The van der Waals surface area contributed by atoms with E-state index < -0.39 is 0 Å². The first-order valence-corrected chi connectivity index (χ1v) is 13.8. The van der Waals surface area contributed by atoms with Gasteiger partial charge in [0.2, 0.25) is 11.8 Å². The number of rotatable bonds is 6. The summed E-state index contributed by atoms with van der Waals surface area (Å²) in [7, 11) is 1.58. The summed E-state index contributed by atoms with van der Waals surface area (Å²) in [5.41, 5.74) is 1.32. The van der Waals surface area contributed by atoms with E-state index in [4.69, 9.17) is 9.47 Å². The number of nitrogens with zero attached hydrogens (tertiary/aromatic N) is 3. The number of para-hydroxylation sites is 1. The van der Waals surface area contributed by atoms with Crippen molar-refractivity contribution in [3.05, 3.63) is 71.8 Å². The molecular formula is C31H39N3O5. The van der Waals surface area contributed by atoms with Gasteiger partial charge < -0.3 is 24.2 Å². The predicted octanol–water partition coefficient (Wildman–Crippen LogP) is 4.01. The highest BCUT2D eigenvalue weighted by Gasteiger charge is 2.33. The van der Waals surface area contributed by atoms with Crippen molar-refractivity contribution in [1.29, 1.82) is 0 Å². The standard InChI is InChI=1S/C31H39N3O5/c1-4-32(5-2)29(35)19-24-16-17-33-20-25(24)10-8-18-39-28-11-7-6-9-26(28)21-34(22-30(33)36)31(37)23-12-14-27(38-3)15-13-23/h6-15,24-25H,4-5,16-22H2,1-3H3/t24-,25-/m0/s1. The van der Waals surface area contributed by atoms with Gasteiger partial charge in [-0.25, -0.2) is 0 Å². The molecular weight excluding hydrogens is 494 g/mol. The second-order valence-corrected chi connectivity index (χ2v) is 10.1. The minimum Gasteiger partial charge on any atom is -0.497 e. The highest BCUT2D eigenvalue weighted by molar-refractivity contribution is 5.96. The first-order chi connectivity index (χ1) is 18.9. The number of carbonyl (C=O) groups is 3. The van der Waals surface area contributed by atoms with Crippen molar-refractivity contribution in [2.24, 2.45) is 11.8 Å². The molecule has 1 fully saturated rings. The first-order valence-electron chi connectivity index (χ1n) is 13.8. The van der Waals surface area contributed by atoms with E-state index in [1.54, 1.807) is 36.3 Å². The van der Waals surface area contributed by atoms with Crippen LogP contribution in [0.5, 0.6) is 11.5 Å². The van der Waals surface area contributed by atoms with Crippen LogP contribution in [0.1, 0.15) is 42.6 Å². The zero-order valence-electron chi connectivity index (χ0n) is 23.2. The quantitative estimate of drug-likeness (QED) is 0.525. The van der Waals surface area contributed by atoms with Crippen molar-refractivity contribution in [3.63, 3.8) is 0 Å². The third-order valence-electron chi connectivity index (χ3n) is 7.71. The summed E-state index contributed by atoms with van der Waals surface area (Å²) in [5, 5.41) is 0. The topological polar surface area (TPSA) is 79.4 Å². The summed E-state index contributed by atoms with van der Waals surface area (Å²) in [6, 6.07) is 14.5. The molecule has 0 saturated carbocycles. The average molecular weight is 534 g/mol. The highest BCUT2D eigenvalue weighted by atomic mass is 16.5. The Hall–Kier alpha value is -3.81. The smallest absolute Gasteiger partial charge is 0.254 e. The van der Waals surface area contributed by atoms with E-state index in [1.807, 2.05) is 54.0 Å². The molecule has 2 heterocycles. The first kappa shape index (κ1) is 28.2. The summed E-state index contributed by atoms with van der Waals surface area (Å²) in [6.45, 7) is 7.03. The molecule has 0 radical (unpaired) electrons. The molecule has 8 nitrogen and oxygen atoms in total. The highest BCUT2D eigenvalue weighted by Crippen LogP contribution is 2.30. The van der Waals surface area contributed by atoms with Crippen molar-refractivity contribution in [1.82, 2.24) is 14.7 Å². The summed E-state index contributed by atoms with van der Waals surface area (Å²) in [5.74, 6) is 1.35. The van der Waals surface area contributed by atoms with E-state index in [2.05, 4.69) is 6.08 Å². The lowest BCUT2D eigenvalue weighted by molar-refractivity contribution is -0.135. The van der Waals surface area contributed by atoms with Crippen molar-refractivity contribution in [2.75, 3.05) is 46.4 Å². The minimum atomic E-state index is -0.231. The third kappa shape index (κ3) is 6.99. The molecule has 1 saturated heterocycles. The van der Waals surface area contributed by atoms with Gasteiger partial charge in [-0.2, -0.15) is 0 Å². The van der Waals surface area contributed by atoms with Gasteiger partial charge in [0.1, 0.15) is 24.7 Å². The Morgan fingerprint density at radius 2 is 1.79 bits per heavy atom. The van der Waals surface area contributed by atoms with Crippen molar-refractivity contribution in [2.45, 2.75) is 33.2 Å². The van der Waals surface area contributed by atoms with Gasteiger partial charge in [0, 0.05) is 43.7 Å². The Labute approximate surface area is 231 Å². The number of amides is 3. The molecule has 2 bridgehead atoms. The summed E-state index contributed by atoms with van der Waals surface area (Å²) < 4.78 is 11.3. The van der Waals surface area contributed by atoms with Crippen LogP contribution < -0.4 is 9.47 Å². The Morgan fingerprint density at radius 1 is 1.05 bits per heavy atom. The lowest BCUT2D eigenvalue weighted by Gasteiger charge is -2.38. The molecule has 2 aromatic rings. The van der Waals surface area contributed by atoms with E-state index in [0.717, 1.165) is 12.0 Å². The van der Waals surface area contributed by atoms with E-state index in [1.165, 1.54) is 0 Å². The minimum absolute atomic E-state index is 0.0348. The number of ether oxygens (including phenoxy) is 2.